The van der Waals surface area contributed by atoms with E-state index in [9.17, 15) is 14.5 Å². The maximum absolute atomic E-state index is 13.7. The van der Waals surface area contributed by atoms with Gasteiger partial charge in [0.2, 0.25) is 0 Å². The van der Waals surface area contributed by atoms with Crippen molar-refractivity contribution in [3.8, 4) is 0 Å². The fraction of sp³-hybridized carbons (Fsp3) is 0.600. The summed E-state index contributed by atoms with van der Waals surface area (Å²) < 4.78 is 13.7. The van der Waals surface area contributed by atoms with Crippen LogP contribution in [0.1, 0.15) is 38.5 Å². The predicted molar refractivity (Wildman–Crippen MR) is 81.0 cm³/mol. The summed E-state index contributed by atoms with van der Waals surface area (Å²) in [5.41, 5.74) is 0.0814. The van der Waals surface area contributed by atoms with Crippen molar-refractivity contribution in [3.63, 3.8) is 0 Å². The van der Waals surface area contributed by atoms with Gasteiger partial charge in [-0.3, -0.25) is 10.1 Å². The van der Waals surface area contributed by atoms with Gasteiger partial charge in [0.1, 0.15) is 0 Å². The molecule has 2 N–H and O–H groups in total. The van der Waals surface area contributed by atoms with Gasteiger partial charge in [-0.15, -0.1) is 0 Å². The molecule has 0 radical (unpaired) electrons. The number of hydrogen-bond donors (Lipinski definition) is 2. The summed E-state index contributed by atoms with van der Waals surface area (Å²) in [6, 6.07) is 4.24. The number of rotatable bonds is 6. The minimum absolute atomic E-state index is 0.227. The molecule has 0 amide bonds. The lowest BCUT2D eigenvalue weighted by molar-refractivity contribution is -0.385. The molecule has 1 saturated carbocycles. The van der Waals surface area contributed by atoms with Gasteiger partial charge in [-0.2, -0.15) is 0 Å². The largest absolute Gasteiger partial charge is 0.381 e. The quantitative estimate of drug-likeness (QED) is 0.365. The highest BCUT2D eigenvalue weighted by Crippen LogP contribution is 2.20. The first-order chi connectivity index (χ1) is 10.2. The highest BCUT2D eigenvalue weighted by Gasteiger charge is 2.12. The first-order valence-corrected chi connectivity index (χ1v) is 7.58. The van der Waals surface area contributed by atoms with Gasteiger partial charge in [0, 0.05) is 25.2 Å². The van der Waals surface area contributed by atoms with Crippen LogP contribution in [0.15, 0.2) is 18.2 Å². The van der Waals surface area contributed by atoms with Crippen molar-refractivity contribution in [2.24, 2.45) is 0 Å². The fourth-order valence-corrected chi connectivity index (χ4v) is 2.72. The van der Waals surface area contributed by atoms with E-state index in [0.717, 1.165) is 12.6 Å². The van der Waals surface area contributed by atoms with Gasteiger partial charge >= 0.3 is 0 Å². The van der Waals surface area contributed by atoms with Crippen molar-refractivity contribution >= 4 is 11.4 Å². The molecule has 0 saturated heterocycles. The van der Waals surface area contributed by atoms with Crippen molar-refractivity contribution < 1.29 is 9.31 Å². The number of non-ortho nitro benzene ring substituents is 1. The second-order valence-electron chi connectivity index (χ2n) is 5.49. The van der Waals surface area contributed by atoms with E-state index in [2.05, 4.69) is 10.6 Å². The minimum atomic E-state index is -0.597. The molecular formula is C15H22FN3O2. The minimum Gasteiger partial charge on any atom is -0.381 e. The molecule has 0 bridgehead atoms. The fourth-order valence-electron chi connectivity index (χ4n) is 2.72. The summed E-state index contributed by atoms with van der Waals surface area (Å²) in [5.74, 6) is -0.585. The lowest BCUT2D eigenvalue weighted by Gasteiger charge is -2.16. The summed E-state index contributed by atoms with van der Waals surface area (Å²) >= 11 is 0. The smallest absolute Gasteiger partial charge is 0.272 e. The number of halogens is 1. The number of benzene rings is 1. The number of hydrogen-bond acceptors (Lipinski definition) is 4. The van der Waals surface area contributed by atoms with Crippen molar-refractivity contribution in [1.82, 2.24) is 5.32 Å². The van der Waals surface area contributed by atoms with Gasteiger partial charge in [-0.25, -0.2) is 4.39 Å². The van der Waals surface area contributed by atoms with E-state index < -0.39 is 10.7 Å². The first-order valence-electron chi connectivity index (χ1n) is 7.58. The van der Waals surface area contributed by atoms with Crippen LogP contribution in [0, 0.1) is 15.9 Å². The standard InChI is InChI=1S/C15H22FN3O2/c16-14-11-13(19(20)21)7-8-15(14)18-10-9-17-12-5-3-1-2-4-6-12/h7-8,11-12,17-18H,1-6,9-10H2. The Kier molecular flexibility index (Phi) is 5.92. The summed E-state index contributed by atoms with van der Waals surface area (Å²) in [5, 5.41) is 17.0. The molecule has 0 spiro atoms. The monoisotopic (exact) mass is 295 g/mol. The van der Waals surface area contributed by atoms with Crippen LogP contribution >= 0.6 is 0 Å². The molecule has 0 aromatic heterocycles. The number of nitrogens with zero attached hydrogens (tertiary/aromatic N) is 1. The van der Waals surface area contributed by atoms with E-state index in [4.69, 9.17) is 0 Å². The molecule has 1 aromatic rings. The zero-order valence-electron chi connectivity index (χ0n) is 12.1. The molecule has 1 aliphatic rings. The van der Waals surface area contributed by atoms with Crippen LogP contribution in [-0.2, 0) is 0 Å². The third-order valence-corrected chi connectivity index (χ3v) is 3.89. The van der Waals surface area contributed by atoms with Crippen LogP contribution in [0.25, 0.3) is 0 Å². The first kappa shape index (κ1) is 15.7. The Morgan fingerprint density at radius 2 is 1.90 bits per heavy atom. The zero-order chi connectivity index (χ0) is 15.1. The number of nitrogens with one attached hydrogen (secondary N) is 2. The van der Waals surface area contributed by atoms with Crippen molar-refractivity contribution in [1.29, 1.82) is 0 Å². The molecule has 0 heterocycles. The Morgan fingerprint density at radius 1 is 1.19 bits per heavy atom. The van der Waals surface area contributed by atoms with Gasteiger partial charge in [-0.05, 0) is 18.9 Å². The molecular weight excluding hydrogens is 273 g/mol. The van der Waals surface area contributed by atoms with E-state index in [0.29, 0.717) is 18.3 Å². The molecule has 6 heteroatoms. The van der Waals surface area contributed by atoms with Crippen LogP contribution in [0.3, 0.4) is 0 Å². The second kappa shape index (κ2) is 7.93. The molecule has 5 nitrogen and oxygen atoms in total. The molecule has 0 aliphatic heterocycles. The molecule has 116 valence electrons. The van der Waals surface area contributed by atoms with E-state index in [-0.39, 0.29) is 5.69 Å². The van der Waals surface area contributed by atoms with Gasteiger partial charge in [-0.1, -0.05) is 25.7 Å². The van der Waals surface area contributed by atoms with Crippen LogP contribution in [0.4, 0.5) is 15.8 Å². The molecule has 2 rings (SSSR count). The maximum atomic E-state index is 13.7. The van der Waals surface area contributed by atoms with Crippen LogP contribution < -0.4 is 10.6 Å². The summed E-state index contributed by atoms with van der Waals surface area (Å²) in [6.45, 7) is 1.37. The molecule has 21 heavy (non-hydrogen) atoms. The van der Waals surface area contributed by atoms with Crippen molar-refractivity contribution in [3.05, 3.63) is 34.1 Å². The lowest BCUT2D eigenvalue weighted by Crippen LogP contribution is -2.32. The molecule has 0 unspecified atom stereocenters. The highest BCUT2D eigenvalue weighted by atomic mass is 19.1. The Bertz CT molecular complexity index is 474. The predicted octanol–water partition coefficient (Wildman–Crippen LogP) is 3.46. The summed E-state index contributed by atoms with van der Waals surface area (Å²) in [6.07, 6.45) is 7.64. The van der Waals surface area contributed by atoms with Crippen molar-refractivity contribution in [2.75, 3.05) is 18.4 Å². The molecule has 1 aromatic carbocycles. The van der Waals surface area contributed by atoms with E-state index >= 15 is 0 Å². The Morgan fingerprint density at radius 3 is 2.52 bits per heavy atom. The normalized spacial score (nSPS) is 16.4. The average Bonchev–Trinajstić information content (AvgIpc) is 2.73. The lowest BCUT2D eigenvalue weighted by atomic mass is 10.1. The maximum Gasteiger partial charge on any atom is 0.272 e. The topological polar surface area (TPSA) is 67.2 Å². The molecule has 1 aliphatic carbocycles. The summed E-state index contributed by atoms with van der Waals surface area (Å²) in [4.78, 5) is 9.94. The average molecular weight is 295 g/mol. The van der Waals surface area contributed by atoms with Gasteiger partial charge in [0.25, 0.3) is 5.69 Å². The summed E-state index contributed by atoms with van der Waals surface area (Å²) in [7, 11) is 0. The van der Waals surface area contributed by atoms with Gasteiger partial charge in [0.05, 0.1) is 16.7 Å². The van der Waals surface area contributed by atoms with E-state index in [1.165, 1.54) is 50.7 Å². The SMILES string of the molecule is O=[N+]([O-])c1ccc(NCCNC2CCCCCC2)c(F)c1. The van der Waals surface area contributed by atoms with Crippen LogP contribution in [-0.4, -0.2) is 24.1 Å². The third kappa shape index (κ3) is 4.97. The van der Waals surface area contributed by atoms with Crippen LogP contribution in [0.5, 0.6) is 0 Å². The van der Waals surface area contributed by atoms with Crippen molar-refractivity contribution in [2.45, 2.75) is 44.6 Å². The second-order valence-corrected chi connectivity index (χ2v) is 5.49. The Balaban J connectivity index is 1.74. The number of nitro groups is 1. The Hall–Kier alpha value is -1.69. The molecule has 1 fully saturated rings. The Labute approximate surface area is 124 Å². The third-order valence-electron chi connectivity index (χ3n) is 3.89. The zero-order valence-corrected chi connectivity index (χ0v) is 12.1. The number of anilines is 1. The van der Waals surface area contributed by atoms with Gasteiger partial charge in [0.15, 0.2) is 5.82 Å². The van der Waals surface area contributed by atoms with E-state index in [1.807, 2.05) is 0 Å². The van der Waals surface area contributed by atoms with Crippen LogP contribution in [0.2, 0.25) is 0 Å². The molecule has 0 atom stereocenters. The highest BCUT2D eigenvalue weighted by molar-refractivity contribution is 5.50. The van der Waals surface area contributed by atoms with Gasteiger partial charge < -0.3 is 10.6 Å². The van der Waals surface area contributed by atoms with E-state index in [1.54, 1.807) is 0 Å². The number of nitro benzene ring substituents is 1.